The quantitative estimate of drug-likeness (QED) is 0.876. The van der Waals surface area contributed by atoms with Crippen LogP contribution in [-0.2, 0) is 4.79 Å². The highest BCUT2D eigenvalue weighted by Gasteiger charge is 2.18. The van der Waals surface area contributed by atoms with Crippen molar-refractivity contribution in [3.8, 4) is 5.75 Å². The molecule has 1 saturated heterocycles. The zero-order valence-corrected chi connectivity index (χ0v) is 14.3. The van der Waals surface area contributed by atoms with Gasteiger partial charge in [-0.1, -0.05) is 35.9 Å². The molecule has 1 heterocycles. The first-order valence-electron chi connectivity index (χ1n) is 8.25. The second kappa shape index (κ2) is 8.06. The fourth-order valence-corrected chi connectivity index (χ4v) is 3.20. The van der Waals surface area contributed by atoms with E-state index in [0.29, 0.717) is 10.8 Å². The molecular formula is C19H21ClN2O2. The van der Waals surface area contributed by atoms with Gasteiger partial charge in [0.1, 0.15) is 5.75 Å². The average Bonchev–Trinajstić information content (AvgIpc) is 2.62. The molecule has 4 nitrogen and oxygen atoms in total. The number of carbonyl (C=O) groups is 1. The van der Waals surface area contributed by atoms with Crippen molar-refractivity contribution in [2.75, 3.05) is 29.9 Å². The van der Waals surface area contributed by atoms with Gasteiger partial charge in [0.15, 0.2) is 6.61 Å². The van der Waals surface area contributed by atoms with Crippen LogP contribution >= 0.6 is 11.6 Å². The predicted molar refractivity (Wildman–Crippen MR) is 98.1 cm³/mol. The third-order valence-electron chi connectivity index (χ3n) is 4.05. The van der Waals surface area contributed by atoms with E-state index in [2.05, 4.69) is 10.2 Å². The number of benzene rings is 2. The van der Waals surface area contributed by atoms with Crippen molar-refractivity contribution in [3.05, 3.63) is 53.6 Å². The predicted octanol–water partition coefficient (Wildman–Crippen LogP) is 4.35. The number of nitrogens with zero attached hydrogens (tertiary/aromatic N) is 1. The lowest BCUT2D eigenvalue weighted by Gasteiger charge is -2.31. The summed E-state index contributed by atoms with van der Waals surface area (Å²) in [5, 5.41) is 3.59. The molecule has 1 fully saturated rings. The highest BCUT2D eigenvalue weighted by atomic mass is 35.5. The molecule has 0 saturated carbocycles. The van der Waals surface area contributed by atoms with E-state index in [1.807, 2.05) is 48.5 Å². The maximum Gasteiger partial charge on any atom is 0.262 e. The first-order valence-corrected chi connectivity index (χ1v) is 8.63. The molecule has 1 aliphatic rings. The second-order valence-electron chi connectivity index (χ2n) is 5.83. The number of amides is 1. The minimum absolute atomic E-state index is 0.0318. The molecule has 0 bridgehead atoms. The summed E-state index contributed by atoms with van der Waals surface area (Å²) in [4.78, 5) is 14.5. The van der Waals surface area contributed by atoms with Crippen LogP contribution in [0.15, 0.2) is 48.5 Å². The van der Waals surface area contributed by atoms with Gasteiger partial charge in [-0.15, -0.1) is 0 Å². The first-order chi connectivity index (χ1) is 11.7. The van der Waals surface area contributed by atoms with E-state index < -0.39 is 0 Å². The molecule has 3 rings (SSSR count). The molecule has 0 radical (unpaired) electrons. The fraction of sp³-hybridized carbons (Fsp3) is 0.316. The van der Waals surface area contributed by atoms with Crippen LogP contribution in [0.3, 0.4) is 0 Å². The van der Waals surface area contributed by atoms with Gasteiger partial charge in [-0.25, -0.2) is 0 Å². The lowest BCUT2D eigenvalue weighted by molar-refractivity contribution is -0.118. The molecule has 2 aromatic carbocycles. The molecule has 24 heavy (non-hydrogen) atoms. The maximum absolute atomic E-state index is 12.2. The van der Waals surface area contributed by atoms with Crippen molar-refractivity contribution < 1.29 is 9.53 Å². The van der Waals surface area contributed by atoms with E-state index in [0.717, 1.165) is 37.3 Å². The van der Waals surface area contributed by atoms with Gasteiger partial charge < -0.3 is 15.0 Å². The number of nitrogens with one attached hydrogen (secondary N) is 1. The number of piperidine rings is 1. The lowest BCUT2D eigenvalue weighted by Crippen LogP contribution is -2.31. The molecule has 1 amide bonds. The number of hydrogen-bond acceptors (Lipinski definition) is 3. The topological polar surface area (TPSA) is 41.6 Å². The number of rotatable bonds is 5. The standard InChI is InChI=1S/C19H21ClN2O2/c20-16-10-7-11-17(19(16)22-12-5-2-6-13-22)21-18(23)14-24-15-8-3-1-4-9-15/h1,3-4,7-11H,2,5-6,12-14H2,(H,21,23). The van der Waals surface area contributed by atoms with Crippen molar-refractivity contribution in [3.63, 3.8) is 0 Å². The minimum Gasteiger partial charge on any atom is -0.484 e. The van der Waals surface area contributed by atoms with E-state index in [1.165, 1.54) is 6.42 Å². The summed E-state index contributed by atoms with van der Waals surface area (Å²) in [6.07, 6.45) is 3.54. The van der Waals surface area contributed by atoms with E-state index in [9.17, 15) is 4.79 Å². The summed E-state index contributed by atoms with van der Waals surface area (Å²) in [5.41, 5.74) is 1.65. The number of anilines is 2. The SMILES string of the molecule is O=C(COc1ccccc1)Nc1cccc(Cl)c1N1CCCCC1. The second-order valence-corrected chi connectivity index (χ2v) is 6.24. The summed E-state index contributed by atoms with van der Waals surface area (Å²) in [6, 6.07) is 14.9. The van der Waals surface area contributed by atoms with Gasteiger partial charge in [0, 0.05) is 13.1 Å². The molecule has 5 heteroatoms. The van der Waals surface area contributed by atoms with Gasteiger partial charge in [-0.3, -0.25) is 4.79 Å². The number of carbonyl (C=O) groups excluding carboxylic acids is 1. The summed E-state index contributed by atoms with van der Waals surface area (Å²) in [7, 11) is 0. The fourth-order valence-electron chi connectivity index (χ4n) is 2.91. The van der Waals surface area contributed by atoms with Crippen LogP contribution in [0.2, 0.25) is 5.02 Å². The molecule has 1 aliphatic heterocycles. The Kier molecular flexibility index (Phi) is 5.59. The van der Waals surface area contributed by atoms with Crippen LogP contribution in [0.25, 0.3) is 0 Å². The average molecular weight is 345 g/mol. The third kappa shape index (κ3) is 4.20. The largest absolute Gasteiger partial charge is 0.484 e. The molecule has 0 aliphatic carbocycles. The van der Waals surface area contributed by atoms with E-state index in [1.54, 1.807) is 0 Å². The third-order valence-corrected chi connectivity index (χ3v) is 4.35. The number of ether oxygens (including phenoxy) is 1. The molecule has 0 atom stereocenters. The van der Waals surface area contributed by atoms with Crippen LogP contribution in [0, 0.1) is 0 Å². The summed E-state index contributed by atoms with van der Waals surface area (Å²) < 4.78 is 5.50. The van der Waals surface area contributed by atoms with Crippen molar-refractivity contribution in [1.82, 2.24) is 0 Å². The molecule has 126 valence electrons. The van der Waals surface area contributed by atoms with Gasteiger partial charge in [0.2, 0.25) is 0 Å². The van der Waals surface area contributed by atoms with Crippen molar-refractivity contribution in [2.45, 2.75) is 19.3 Å². The molecule has 0 spiro atoms. The zero-order chi connectivity index (χ0) is 16.8. The molecule has 0 aromatic heterocycles. The van der Waals surface area contributed by atoms with Gasteiger partial charge in [-0.05, 0) is 43.5 Å². The van der Waals surface area contributed by atoms with Crippen molar-refractivity contribution in [1.29, 1.82) is 0 Å². The Labute approximate surface area is 147 Å². The summed E-state index contributed by atoms with van der Waals surface area (Å²) in [6.45, 7) is 1.90. The molecular weight excluding hydrogens is 324 g/mol. The molecule has 2 aromatic rings. The monoisotopic (exact) mass is 344 g/mol. The first kappa shape index (κ1) is 16.7. The van der Waals surface area contributed by atoms with E-state index in [4.69, 9.17) is 16.3 Å². The number of halogens is 1. The van der Waals surface area contributed by atoms with Crippen LogP contribution in [0.5, 0.6) is 5.75 Å². The summed E-state index contributed by atoms with van der Waals surface area (Å²) >= 11 is 6.39. The highest BCUT2D eigenvalue weighted by molar-refractivity contribution is 6.34. The van der Waals surface area contributed by atoms with E-state index >= 15 is 0 Å². The van der Waals surface area contributed by atoms with Gasteiger partial charge in [-0.2, -0.15) is 0 Å². The smallest absolute Gasteiger partial charge is 0.262 e. The lowest BCUT2D eigenvalue weighted by atomic mass is 10.1. The Hall–Kier alpha value is -2.20. The Balaban J connectivity index is 1.67. The Morgan fingerprint density at radius 3 is 2.54 bits per heavy atom. The maximum atomic E-state index is 12.2. The van der Waals surface area contributed by atoms with Crippen molar-refractivity contribution >= 4 is 28.9 Å². The van der Waals surface area contributed by atoms with Crippen LogP contribution < -0.4 is 15.0 Å². The van der Waals surface area contributed by atoms with Gasteiger partial charge in [0.25, 0.3) is 5.91 Å². The zero-order valence-electron chi connectivity index (χ0n) is 13.5. The molecule has 1 N–H and O–H groups in total. The Bertz CT molecular complexity index is 685. The van der Waals surface area contributed by atoms with Gasteiger partial charge >= 0.3 is 0 Å². The normalized spacial score (nSPS) is 14.3. The highest BCUT2D eigenvalue weighted by Crippen LogP contribution is 2.35. The summed E-state index contributed by atoms with van der Waals surface area (Å²) in [5.74, 6) is 0.481. The minimum atomic E-state index is -0.195. The Morgan fingerprint density at radius 2 is 1.79 bits per heavy atom. The number of para-hydroxylation sites is 2. The Morgan fingerprint density at radius 1 is 1.04 bits per heavy atom. The van der Waals surface area contributed by atoms with Crippen molar-refractivity contribution in [2.24, 2.45) is 0 Å². The van der Waals surface area contributed by atoms with Crippen LogP contribution in [0.4, 0.5) is 11.4 Å². The van der Waals surface area contributed by atoms with Crippen LogP contribution in [0.1, 0.15) is 19.3 Å². The van der Waals surface area contributed by atoms with Crippen LogP contribution in [-0.4, -0.2) is 25.6 Å². The molecule has 0 unspecified atom stereocenters. The van der Waals surface area contributed by atoms with E-state index in [-0.39, 0.29) is 12.5 Å². The van der Waals surface area contributed by atoms with Gasteiger partial charge in [0.05, 0.1) is 16.4 Å². The number of hydrogen-bond donors (Lipinski definition) is 1.